The van der Waals surface area contributed by atoms with Crippen LogP contribution in [0.5, 0.6) is 0 Å². The Kier molecular flexibility index (Phi) is 5.17. The van der Waals surface area contributed by atoms with Gasteiger partial charge in [-0.1, -0.05) is 67.6 Å². The fraction of sp³-hybridized carbons (Fsp3) is 0.333. The monoisotopic (exact) mass is 254 g/mol. The molecule has 2 atom stereocenters. The highest BCUT2D eigenvalue weighted by atomic mass is 16.3. The minimum Gasteiger partial charge on any atom is -0.396 e. The predicted molar refractivity (Wildman–Crippen MR) is 80.0 cm³/mol. The Bertz CT molecular complexity index is 464. The third kappa shape index (κ3) is 4.22. The van der Waals surface area contributed by atoms with Crippen LogP contribution < -0.4 is 0 Å². The van der Waals surface area contributed by atoms with Crippen LogP contribution in [0.1, 0.15) is 18.1 Å². The molecule has 2 rings (SSSR count). The Hall–Kier alpha value is -1.60. The normalized spacial score (nSPS) is 14.0. The van der Waals surface area contributed by atoms with E-state index >= 15 is 0 Å². The van der Waals surface area contributed by atoms with Crippen molar-refractivity contribution in [1.29, 1.82) is 0 Å². The molecular formula is C18H22O. The molecular weight excluding hydrogens is 232 g/mol. The third-order valence-electron chi connectivity index (χ3n) is 3.78. The molecule has 0 aliphatic heterocycles. The lowest BCUT2D eigenvalue weighted by molar-refractivity contribution is 0.181. The zero-order valence-electron chi connectivity index (χ0n) is 11.5. The lowest BCUT2D eigenvalue weighted by Gasteiger charge is -2.22. The van der Waals surface area contributed by atoms with Crippen LogP contribution >= 0.6 is 0 Å². The summed E-state index contributed by atoms with van der Waals surface area (Å²) in [7, 11) is 0. The quantitative estimate of drug-likeness (QED) is 0.833. The molecule has 0 aliphatic carbocycles. The first-order chi connectivity index (χ1) is 9.29. The maximum absolute atomic E-state index is 9.64. The summed E-state index contributed by atoms with van der Waals surface area (Å²) in [6.07, 6.45) is 1.98. The van der Waals surface area contributed by atoms with E-state index in [2.05, 4.69) is 55.5 Å². The summed E-state index contributed by atoms with van der Waals surface area (Å²) in [5.41, 5.74) is 2.66. The van der Waals surface area contributed by atoms with Gasteiger partial charge in [0.2, 0.25) is 0 Å². The van der Waals surface area contributed by atoms with Gasteiger partial charge in [0.1, 0.15) is 0 Å². The molecule has 0 radical (unpaired) electrons. The average Bonchev–Trinajstić information content (AvgIpc) is 2.47. The highest BCUT2D eigenvalue weighted by molar-refractivity contribution is 5.17. The first-order valence-electron chi connectivity index (χ1n) is 6.98. The molecule has 19 heavy (non-hydrogen) atoms. The molecule has 1 nitrogen and oxygen atoms in total. The Morgan fingerprint density at radius 1 is 0.789 bits per heavy atom. The Morgan fingerprint density at radius 2 is 1.26 bits per heavy atom. The van der Waals surface area contributed by atoms with E-state index in [4.69, 9.17) is 0 Å². The van der Waals surface area contributed by atoms with Gasteiger partial charge >= 0.3 is 0 Å². The van der Waals surface area contributed by atoms with E-state index in [0.717, 1.165) is 12.8 Å². The van der Waals surface area contributed by atoms with Gasteiger partial charge in [0.05, 0.1) is 0 Å². The maximum atomic E-state index is 9.64. The molecule has 2 aromatic carbocycles. The van der Waals surface area contributed by atoms with Gasteiger partial charge in [-0.2, -0.15) is 0 Å². The number of aliphatic hydroxyl groups excluding tert-OH is 1. The molecule has 0 aromatic heterocycles. The van der Waals surface area contributed by atoms with Crippen molar-refractivity contribution in [2.75, 3.05) is 6.61 Å². The Labute approximate surface area is 115 Å². The average molecular weight is 254 g/mol. The summed E-state index contributed by atoms with van der Waals surface area (Å²) in [4.78, 5) is 0. The number of hydrogen-bond acceptors (Lipinski definition) is 1. The second-order valence-corrected chi connectivity index (χ2v) is 5.30. The molecule has 2 unspecified atom stereocenters. The molecule has 0 heterocycles. The number of benzene rings is 2. The summed E-state index contributed by atoms with van der Waals surface area (Å²) in [5, 5.41) is 9.64. The molecule has 0 bridgehead atoms. The van der Waals surface area contributed by atoms with E-state index in [-0.39, 0.29) is 6.61 Å². The standard InChI is InChI=1S/C18H22O/c1-15(12-16-8-4-2-5-9-16)18(14-19)13-17-10-6-3-7-11-17/h2-11,15,18-19H,12-14H2,1H3. The van der Waals surface area contributed by atoms with E-state index in [1.807, 2.05) is 12.1 Å². The molecule has 0 saturated heterocycles. The van der Waals surface area contributed by atoms with Crippen LogP contribution in [0.3, 0.4) is 0 Å². The van der Waals surface area contributed by atoms with Crippen molar-refractivity contribution in [3.63, 3.8) is 0 Å². The summed E-state index contributed by atoms with van der Waals surface area (Å²) >= 11 is 0. The van der Waals surface area contributed by atoms with Crippen LogP contribution in [0.25, 0.3) is 0 Å². The highest BCUT2D eigenvalue weighted by Gasteiger charge is 2.17. The lowest BCUT2D eigenvalue weighted by Crippen LogP contribution is -2.20. The van der Waals surface area contributed by atoms with Gasteiger partial charge in [0.25, 0.3) is 0 Å². The minimum absolute atomic E-state index is 0.253. The predicted octanol–water partition coefficient (Wildman–Crippen LogP) is 3.72. The van der Waals surface area contributed by atoms with Gasteiger partial charge in [-0.15, -0.1) is 0 Å². The van der Waals surface area contributed by atoms with Crippen molar-refractivity contribution < 1.29 is 5.11 Å². The SMILES string of the molecule is CC(Cc1ccccc1)C(CO)Cc1ccccc1. The largest absolute Gasteiger partial charge is 0.396 e. The van der Waals surface area contributed by atoms with Crippen LogP contribution in [0.15, 0.2) is 60.7 Å². The third-order valence-corrected chi connectivity index (χ3v) is 3.78. The molecule has 1 N–H and O–H groups in total. The Morgan fingerprint density at radius 3 is 1.74 bits per heavy atom. The summed E-state index contributed by atoms with van der Waals surface area (Å²) in [5.74, 6) is 0.801. The maximum Gasteiger partial charge on any atom is 0.0465 e. The molecule has 0 aliphatic rings. The van der Waals surface area contributed by atoms with Gasteiger partial charge in [-0.25, -0.2) is 0 Å². The molecule has 1 heteroatoms. The van der Waals surface area contributed by atoms with Crippen LogP contribution in [-0.2, 0) is 12.8 Å². The van der Waals surface area contributed by atoms with E-state index in [9.17, 15) is 5.11 Å². The molecule has 0 fully saturated rings. The zero-order valence-corrected chi connectivity index (χ0v) is 11.5. The van der Waals surface area contributed by atoms with Crippen molar-refractivity contribution in [2.45, 2.75) is 19.8 Å². The second kappa shape index (κ2) is 7.10. The first kappa shape index (κ1) is 13.8. The smallest absolute Gasteiger partial charge is 0.0465 e. The van der Waals surface area contributed by atoms with Gasteiger partial charge in [0, 0.05) is 6.61 Å². The van der Waals surface area contributed by atoms with Crippen molar-refractivity contribution in [2.24, 2.45) is 11.8 Å². The first-order valence-corrected chi connectivity index (χ1v) is 6.98. The van der Waals surface area contributed by atoms with Crippen LogP contribution in [0.2, 0.25) is 0 Å². The highest BCUT2D eigenvalue weighted by Crippen LogP contribution is 2.21. The molecule has 2 aromatic rings. The number of hydrogen-bond donors (Lipinski definition) is 1. The van der Waals surface area contributed by atoms with Gasteiger partial charge in [-0.3, -0.25) is 0 Å². The minimum atomic E-state index is 0.253. The van der Waals surface area contributed by atoms with Gasteiger partial charge in [-0.05, 0) is 35.8 Å². The van der Waals surface area contributed by atoms with Crippen molar-refractivity contribution in [3.8, 4) is 0 Å². The molecule has 0 saturated carbocycles. The summed E-state index contributed by atoms with van der Waals surface area (Å²) < 4.78 is 0. The Balaban J connectivity index is 1.97. The zero-order chi connectivity index (χ0) is 13.5. The van der Waals surface area contributed by atoms with Crippen molar-refractivity contribution in [1.82, 2.24) is 0 Å². The van der Waals surface area contributed by atoms with E-state index < -0.39 is 0 Å². The fourth-order valence-corrected chi connectivity index (χ4v) is 2.52. The van der Waals surface area contributed by atoms with Crippen LogP contribution in [-0.4, -0.2) is 11.7 Å². The fourth-order valence-electron chi connectivity index (χ4n) is 2.52. The molecule has 0 amide bonds. The second-order valence-electron chi connectivity index (χ2n) is 5.30. The van der Waals surface area contributed by atoms with Gasteiger partial charge in [0.15, 0.2) is 0 Å². The number of aliphatic hydroxyl groups is 1. The summed E-state index contributed by atoms with van der Waals surface area (Å²) in [6.45, 7) is 2.49. The van der Waals surface area contributed by atoms with E-state index in [0.29, 0.717) is 11.8 Å². The lowest BCUT2D eigenvalue weighted by atomic mass is 9.84. The topological polar surface area (TPSA) is 20.2 Å². The van der Waals surface area contributed by atoms with E-state index in [1.54, 1.807) is 0 Å². The van der Waals surface area contributed by atoms with E-state index in [1.165, 1.54) is 11.1 Å². The summed E-state index contributed by atoms with van der Waals surface area (Å²) in [6, 6.07) is 20.9. The molecule has 0 spiro atoms. The van der Waals surface area contributed by atoms with Gasteiger partial charge < -0.3 is 5.11 Å². The number of rotatable bonds is 6. The molecule has 100 valence electrons. The van der Waals surface area contributed by atoms with Crippen LogP contribution in [0.4, 0.5) is 0 Å². The van der Waals surface area contributed by atoms with Crippen molar-refractivity contribution >= 4 is 0 Å². The van der Waals surface area contributed by atoms with Crippen molar-refractivity contribution in [3.05, 3.63) is 71.8 Å². The van der Waals surface area contributed by atoms with Crippen LogP contribution in [0, 0.1) is 11.8 Å².